The van der Waals surface area contributed by atoms with Crippen LogP contribution < -0.4 is 0 Å². The molecule has 0 N–H and O–H groups in total. The van der Waals surface area contributed by atoms with Crippen LogP contribution in [0.15, 0.2) is 0 Å². The van der Waals surface area contributed by atoms with Gasteiger partial charge in [0, 0.05) is 13.1 Å². The van der Waals surface area contributed by atoms with E-state index in [1.165, 1.54) is 18.5 Å². The van der Waals surface area contributed by atoms with Crippen LogP contribution in [0.1, 0.15) is 44.0 Å². The third kappa shape index (κ3) is 4.55. The van der Waals surface area contributed by atoms with E-state index in [4.69, 9.17) is 4.74 Å². The average Bonchev–Trinajstić information content (AvgIpc) is 2.73. The lowest BCUT2D eigenvalue weighted by molar-refractivity contribution is -0.386. The molecule has 0 saturated carbocycles. The maximum Gasteiger partial charge on any atom is 0.328 e. The number of rotatable bonds is 5. The van der Waals surface area contributed by atoms with Crippen LogP contribution in [-0.2, 0) is 20.9 Å². The van der Waals surface area contributed by atoms with Gasteiger partial charge in [-0.3, -0.25) is 24.4 Å². The topological polar surface area (TPSA) is 108 Å². The highest BCUT2D eigenvalue weighted by Gasteiger charge is 2.26. The van der Waals surface area contributed by atoms with E-state index in [9.17, 15) is 19.7 Å². The smallest absolute Gasteiger partial charge is 0.328 e. The van der Waals surface area contributed by atoms with Gasteiger partial charge in [-0.05, 0) is 33.6 Å². The fourth-order valence-corrected chi connectivity index (χ4v) is 3.06. The number of nitro groups is 1. The normalized spacial score (nSPS) is 16.2. The third-order valence-corrected chi connectivity index (χ3v) is 4.38. The van der Waals surface area contributed by atoms with E-state index < -0.39 is 17.0 Å². The lowest BCUT2D eigenvalue weighted by Gasteiger charge is -2.24. The van der Waals surface area contributed by atoms with E-state index in [2.05, 4.69) is 5.10 Å². The first kappa shape index (κ1) is 18.9. The van der Waals surface area contributed by atoms with Gasteiger partial charge in [0.15, 0.2) is 6.10 Å². The van der Waals surface area contributed by atoms with Crippen molar-refractivity contribution in [3.8, 4) is 0 Å². The fourth-order valence-electron chi connectivity index (χ4n) is 3.06. The first-order valence-electron chi connectivity index (χ1n) is 8.48. The van der Waals surface area contributed by atoms with Crippen LogP contribution in [0.4, 0.5) is 5.69 Å². The van der Waals surface area contributed by atoms with Gasteiger partial charge in [0.2, 0.25) is 0 Å². The SMILES string of the molecule is Cc1nn(CC(=O)O[C@@H](C)C(=O)N2CCCCCC2)c(C)c1[N+](=O)[O-]. The summed E-state index contributed by atoms with van der Waals surface area (Å²) in [6.45, 7) is 5.69. The Bertz CT molecular complexity index is 662. The van der Waals surface area contributed by atoms with Gasteiger partial charge in [-0.25, -0.2) is 0 Å². The Hall–Kier alpha value is -2.45. The standard InChI is InChI=1S/C16H24N4O5/c1-11-15(20(23)24)12(2)19(17-11)10-14(21)25-13(3)16(22)18-8-6-4-5-7-9-18/h13H,4-10H2,1-3H3/t13-/m0/s1. The van der Waals surface area contributed by atoms with Crippen LogP contribution in [0.25, 0.3) is 0 Å². The van der Waals surface area contributed by atoms with Gasteiger partial charge >= 0.3 is 11.7 Å². The monoisotopic (exact) mass is 352 g/mol. The molecule has 1 saturated heterocycles. The molecule has 1 aliphatic rings. The summed E-state index contributed by atoms with van der Waals surface area (Å²) in [4.78, 5) is 36.7. The van der Waals surface area contributed by atoms with E-state index in [-0.39, 0.29) is 29.5 Å². The summed E-state index contributed by atoms with van der Waals surface area (Å²) in [5, 5.41) is 15.0. The molecule has 0 unspecified atom stereocenters. The molecule has 1 aromatic rings. The molecular formula is C16H24N4O5. The number of carbonyl (C=O) groups excluding carboxylic acids is 2. The summed E-state index contributed by atoms with van der Waals surface area (Å²) in [5.74, 6) is -0.842. The quantitative estimate of drug-likeness (QED) is 0.454. The molecule has 138 valence electrons. The number of aryl methyl sites for hydroxylation is 1. The van der Waals surface area contributed by atoms with Gasteiger partial charge in [-0.2, -0.15) is 5.10 Å². The minimum Gasteiger partial charge on any atom is -0.451 e. The lowest BCUT2D eigenvalue weighted by atomic mass is 10.2. The molecule has 1 aliphatic heterocycles. The van der Waals surface area contributed by atoms with Gasteiger partial charge < -0.3 is 9.64 Å². The molecule has 0 radical (unpaired) electrons. The third-order valence-electron chi connectivity index (χ3n) is 4.38. The zero-order valence-electron chi connectivity index (χ0n) is 14.9. The largest absolute Gasteiger partial charge is 0.451 e. The molecule has 25 heavy (non-hydrogen) atoms. The summed E-state index contributed by atoms with van der Waals surface area (Å²) in [7, 11) is 0. The molecule has 2 heterocycles. The Balaban J connectivity index is 1.96. The second kappa shape index (κ2) is 8.09. The lowest BCUT2D eigenvalue weighted by Crippen LogP contribution is -2.40. The number of aromatic nitrogens is 2. The number of nitrogens with zero attached hydrogens (tertiary/aromatic N) is 4. The van der Waals surface area contributed by atoms with Crippen molar-refractivity contribution in [1.82, 2.24) is 14.7 Å². The predicted molar refractivity (Wildman–Crippen MR) is 89.0 cm³/mol. The molecule has 0 aliphatic carbocycles. The summed E-state index contributed by atoms with van der Waals surface area (Å²) < 4.78 is 6.45. The average molecular weight is 352 g/mol. The zero-order chi connectivity index (χ0) is 18.6. The van der Waals surface area contributed by atoms with Crippen LogP contribution in [0.3, 0.4) is 0 Å². The van der Waals surface area contributed by atoms with Crippen molar-refractivity contribution in [2.45, 2.75) is 59.1 Å². The summed E-state index contributed by atoms with van der Waals surface area (Å²) in [5.41, 5.74) is 0.413. The van der Waals surface area contributed by atoms with Crippen LogP contribution in [0.5, 0.6) is 0 Å². The highest BCUT2D eigenvalue weighted by atomic mass is 16.6. The number of esters is 1. The number of hydrogen-bond donors (Lipinski definition) is 0. The molecule has 1 fully saturated rings. The van der Waals surface area contributed by atoms with E-state index in [0.29, 0.717) is 13.1 Å². The van der Waals surface area contributed by atoms with Crippen LogP contribution >= 0.6 is 0 Å². The van der Waals surface area contributed by atoms with Crippen molar-refractivity contribution < 1.29 is 19.2 Å². The highest BCUT2D eigenvalue weighted by Crippen LogP contribution is 2.21. The first-order chi connectivity index (χ1) is 11.8. The molecule has 1 amide bonds. The number of hydrogen-bond acceptors (Lipinski definition) is 6. The van der Waals surface area contributed by atoms with Crippen LogP contribution in [-0.4, -0.2) is 50.7 Å². The Morgan fingerprint density at radius 2 is 1.84 bits per heavy atom. The highest BCUT2D eigenvalue weighted by molar-refractivity contribution is 5.83. The van der Waals surface area contributed by atoms with Crippen molar-refractivity contribution in [2.75, 3.05) is 13.1 Å². The van der Waals surface area contributed by atoms with E-state index in [1.54, 1.807) is 11.8 Å². The van der Waals surface area contributed by atoms with Gasteiger partial charge in [0.1, 0.15) is 17.9 Å². The molecular weight excluding hydrogens is 328 g/mol. The molecule has 1 aromatic heterocycles. The Kier molecular flexibility index (Phi) is 6.11. The van der Waals surface area contributed by atoms with Gasteiger partial charge in [0.25, 0.3) is 5.91 Å². The van der Waals surface area contributed by atoms with Gasteiger partial charge in [0.05, 0.1) is 4.92 Å². The number of carbonyl (C=O) groups is 2. The predicted octanol–water partition coefficient (Wildman–Crippen LogP) is 1.74. The first-order valence-corrected chi connectivity index (χ1v) is 8.48. The summed E-state index contributed by atoms with van der Waals surface area (Å²) >= 11 is 0. The van der Waals surface area contributed by atoms with Crippen LogP contribution in [0, 0.1) is 24.0 Å². The number of likely N-dealkylation sites (tertiary alicyclic amines) is 1. The molecule has 0 aromatic carbocycles. The van der Waals surface area contributed by atoms with Crippen molar-refractivity contribution in [3.05, 3.63) is 21.5 Å². The molecule has 0 bridgehead atoms. The molecule has 9 nitrogen and oxygen atoms in total. The van der Waals surface area contributed by atoms with E-state index >= 15 is 0 Å². The molecule has 9 heteroatoms. The summed E-state index contributed by atoms with van der Waals surface area (Å²) in [6.07, 6.45) is 3.25. The Morgan fingerprint density at radius 3 is 2.36 bits per heavy atom. The molecule has 2 rings (SSSR count). The van der Waals surface area contributed by atoms with E-state index in [1.807, 2.05) is 0 Å². The molecule has 0 spiro atoms. The number of amides is 1. The van der Waals surface area contributed by atoms with Gasteiger partial charge in [-0.1, -0.05) is 12.8 Å². The summed E-state index contributed by atoms with van der Waals surface area (Å²) in [6, 6.07) is 0. The minimum atomic E-state index is -0.877. The Labute approximate surface area is 146 Å². The van der Waals surface area contributed by atoms with E-state index in [0.717, 1.165) is 25.7 Å². The van der Waals surface area contributed by atoms with Gasteiger partial charge in [-0.15, -0.1) is 0 Å². The zero-order valence-corrected chi connectivity index (χ0v) is 14.9. The van der Waals surface area contributed by atoms with Crippen molar-refractivity contribution >= 4 is 17.6 Å². The molecule has 1 atom stereocenters. The maximum atomic E-state index is 12.4. The number of ether oxygens (including phenoxy) is 1. The fraction of sp³-hybridized carbons (Fsp3) is 0.688. The maximum absolute atomic E-state index is 12.4. The van der Waals surface area contributed by atoms with Crippen molar-refractivity contribution in [2.24, 2.45) is 0 Å². The Morgan fingerprint density at radius 1 is 1.24 bits per heavy atom. The second-order valence-electron chi connectivity index (χ2n) is 6.31. The van der Waals surface area contributed by atoms with Crippen molar-refractivity contribution in [3.63, 3.8) is 0 Å². The van der Waals surface area contributed by atoms with Crippen molar-refractivity contribution in [1.29, 1.82) is 0 Å². The minimum absolute atomic E-state index is 0.110. The second-order valence-corrected chi connectivity index (χ2v) is 6.31. The van der Waals surface area contributed by atoms with Crippen LogP contribution in [0.2, 0.25) is 0 Å².